The van der Waals surface area contributed by atoms with Crippen LogP contribution in [0.1, 0.15) is 13.8 Å². The van der Waals surface area contributed by atoms with Gasteiger partial charge < -0.3 is 25.2 Å². The SMILES string of the molecule is CC(C)NC(=O)COc1cccc(-c2cc(Nc3ccncc3)nc(N3CCN(C)CC3)n2)c1. The fourth-order valence-electron chi connectivity index (χ4n) is 3.64. The van der Waals surface area contributed by atoms with Crippen LogP contribution in [0.15, 0.2) is 54.9 Å². The van der Waals surface area contributed by atoms with Gasteiger partial charge in [-0.15, -0.1) is 0 Å². The lowest BCUT2D eigenvalue weighted by Gasteiger charge is -2.32. The van der Waals surface area contributed by atoms with Crippen LogP contribution in [0.5, 0.6) is 5.75 Å². The molecule has 1 amide bonds. The first kappa shape index (κ1) is 23.4. The molecule has 3 heterocycles. The molecule has 0 radical (unpaired) electrons. The van der Waals surface area contributed by atoms with E-state index in [1.54, 1.807) is 12.4 Å². The Balaban J connectivity index is 1.60. The van der Waals surface area contributed by atoms with Crippen LogP contribution in [0, 0.1) is 0 Å². The molecule has 1 aromatic carbocycles. The molecule has 34 heavy (non-hydrogen) atoms. The fraction of sp³-hybridized carbons (Fsp3) is 0.360. The Morgan fingerprint density at radius 3 is 2.56 bits per heavy atom. The lowest BCUT2D eigenvalue weighted by atomic mass is 10.1. The van der Waals surface area contributed by atoms with Crippen molar-refractivity contribution in [1.29, 1.82) is 0 Å². The van der Waals surface area contributed by atoms with Crippen LogP contribution >= 0.6 is 0 Å². The van der Waals surface area contributed by atoms with E-state index in [0.717, 1.165) is 43.1 Å². The van der Waals surface area contributed by atoms with Crippen molar-refractivity contribution < 1.29 is 9.53 Å². The molecule has 0 spiro atoms. The van der Waals surface area contributed by atoms with Gasteiger partial charge in [-0.25, -0.2) is 4.98 Å². The number of hydrogen-bond donors (Lipinski definition) is 2. The Morgan fingerprint density at radius 1 is 1.06 bits per heavy atom. The molecule has 2 N–H and O–H groups in total. The largest absolute Gasteiger partial charge is 0.484 e. The molecule has 1 saturated heterocycles. The zero-order valence-electron chi connectivity index (χ0n) is 19.9. The molecule has 0 atom stereocenters. The first-order valence-electron chi connectivity index (χ1n) is 11.5. The summed E-state index contributed by atoms with van der Waals surface area (Å²) in [7, 11) is 2.12. The number of nitrogens with zero attached hydrogens (tertiary/aromatic N) is 5. The maximum atomic E-state index is 12.0. The Morgan fingerprint density at radius 2 is 1.82 bits per heavy atom. The highest BCUT2D eigenvalue weighted by atomic mass is 16.5. The standard InChI is InChI=1S/C25H31N7O2/c1-18(2)27-24(33)17-34-21-6-4-5-19(15-21)22-16-23(28-20-7-9-26-10-8-20)30-25(29-22)32-13-11-31(3)12-14-32/h4-10,15-16,18H,11-14,17H2,1-3H3,(H,27,33)(H,26,28,29,30). The van der Waals surface area contributed by atoms with Crippen molar-refractivity contribution in [2.24, 2.45) is 0 Å². The Labute approximate surface area is 200 Å². The van der Waals surface area contributed by atoms with E-state index in [1.165, 1.54) is 0 Å². The summed E-state index contributed by atoms with van der Waals surface area (Å²) in [6.45, 7) is 7.45. The number of amides is 1. The second-order valence-electron chi connectivity index (χ2n) is 8.63. The minimum atomic E-state index is -0.149. The van der Waals surface area contributed by atoms with Gasteiger partial charge in [0, 0.05) is 61.9 Å². The summed E-state index contributed by atoms with van der Waals surface area (Å²) in [6, 6.07) is 13.4. The second kappa shape index (κ2) is 10.9. The van der Waals surface area contributed by atoms with Crippen LogP contribution < -0.4 is 20.3 Å². The topological polar surface area (TPSA) is 95.5 Å². The van der Waals surface area contributed by atoms with Gasteiger partial charge >= 0.3 is 0 Å². The third-order valence-electron chi connectivity index (χ3n) is 5.40. The summed E-state index contributed by atoms with van der Waals surface area (Å²) in [6.07, 6.45) is 3.48. The molecule has 0 aliphatic carbocycles. The lowest BCUT2D eigenvalue weighted by molar-refractivity contribution is -0.123. The van der Waals surface area contributed by atoms with Gasteiger partial charge in [0.2, 0.25) is 5.95 Å². The predicted molar refractivity (Wildman–Crippen MR) is 133 cm³/mol. The zero-order chi connectivity index (χ0) is 23.9. The molecular weight excluding hydrogens is 430 g/mol. The molecule has 9 heteroatoms. The molecule has 0 unspecified atom stereocenters. The summed E-state index contributed by atoms with van der Waals surface area (Å²) in [4.78, 5) is 30.2. The van der Waals surface area contributed by atoms with Gasteiger partial charge in [-0.3, -0.25) is 9.78 Å². The summed E-state index contributed by atoms with van der Waals surface area (Å²) >= 11 is 0. The summed E-state index contributed by atoms with van der Waals surface area (Å²) in [5, 5.41) is 6.19. The third-order valence-corrected chi connectivity index (χ3v) is 5.40. The molecule has 1 aliphatic rings. The minimum Gasteiger partial charge on any atom is -0.484 e. The average molecular weight is 462 g/mol. The molecular formula is C25H31N7O2. The molecule has 178 valence electrons. The maximum absolute atomic E-state index is 12.0. The van der Waals surface area contributed by atoms with Gasteiger partial charge in [0.25, 0.3) is 5.91 Å². The van der Waals surface area contributed by atoms with Gasteiger partial charge in [-0.2, -0.15) is 4.98 Å². The smallest absolute Gasteiger partial charge is 0.258 e. The average Bonchev–Trinajstić information content (AvgIpc) is 2.83. The van der Waals surface area contributed by atoms with Crippen LogP contribution in [-0.4, -0.2) is 71.6 Å². The molecule has 1 fully saturated rings. The molecule has 9 nitrogen and oxygen atoms in total. The van der Waals surface area contributed by atoms with Crippen LogP contribution in [-0.2, 0) is 4.79 Å². The molecule has 3 aromatic rings. The number of hydrogen-bond acceptors (Lipinski definition) is 8. The van der Waals surface area contributed by atoms with Crippen LogP contribution in [0.4, 0.5) is 17.5 Å². The summed E-state index contributed by atoms with van der Waals surface area (Å²) < 4.78 is 5.72. The zero-order valence-corrected chi connectivity index (χ0v) is 19.9. The van der Waals surface area contributed by atoms with E-state index in [4.69, 9.17) is 14.7 Å². The number of anilines is 3. The molecule has 0 saturated carbocycles. The number of benzene rings is 1. The van der Waals surface area contributed by atoms with Crippen LogP contribution in [0.25, 0.3) is 11.3 Å². The highest BCUT2D eigenvalue weighted by molar-refractivity contribution is 5.78. The summed E-state index contributed by atoms with van der Waals surface area (Å²) in [5.41, 5.74) is 2.56. The number of pyridine rings is 1. The fourth-order valence-corrected chi connectivity index (χ4v) is 3.64. The van der Waals surface area contributed by atoms with Crippen molar-refractivity contribution in [3.05, 3.63) is 54.9 Å². The number of carbonyl (C=O) groups excluding carboxylic acids is 1. The number of piperazine rings is 1. The van der Waals surface area contributed by atoms with Gasteiger partial charge in [-0.05, 0) is 45.2 Å². The van der Waals surface area contributed by atoms with E-state index >= 15 is 0 Å². The summed E-state index contributed by atoms with van der Waals surface area (Å²) in [5.74, 6) is 1.85. The first-order valence-corrected chi connectivity index (χ1v) is 11.5. The number of carbonyl (C=O) groups is 1. The number of rotatable bonds is 8. The Bertz CT molecular complexity index is 1100. The molecule has 2 aromatic heterocycles. The monoisotopic (exact) mass is 461 g/mol. The van der Waals surface area contributed by atoms with Crippen LogP contribution in [0.2, 0.25) is 0 Å². The Hall–Kier alpha value is -3.72. The normalized spacial score (nSPS) is 14.2. The van der Waals surface area contributed by atoms with Crippen LogP contribution in [0.3, 0.4) is 0 Å². The maximum Gasteiger partial charge on any atom is 0.258 e. The van der Waals surface area contributed by atoms with Gasteiger partial charge in [0.1, 0.15) is 11.6 Å². The lowest BCUT2D eigenvalue weighted by Crippen LogP contribution is -2.45. The highest BCUT2D eigenvalue weighted by Gasteiger charge is 2.19. The molecule has 4 rings (SSSR count). The van der Waals surface area contributed by atoms with E-state index in [2.05, 4.69) is 32.5 Å². The number of likely N-dealkylation sites (N-methyl/N-ethyl adjacent to an activating group) is 1. The second-order valence-corrected chi connectivity index (χ2v) is 8.63. The van der Waals surface area contributed by atoms with Crippen molar-refractivity contribution >= 4 is 23.4 Å². The van der Waals surface area contributed by atoms with Gasteiger partial charge in [0.15, 0.2) is 6.61 Å². The van der Waals surface area contributed by atoms with E-state index < -0.39 is 0 Å². The van der Waals surface area contributed by atoms with Crippen molar-refractivity contribution in [3.8, 4) is 17.0 Å². The van der Waals surface area contributed by atoms with E-state index in [0.29, 0.717) is 17.5 Å². The van der Waals surface area contributed by atoms with Crippen molar-refractivity contribution in [3.63, 3.8) is 0 Å². The van der Waals surface area contributed by atoms with Crippen molar-refractivity contribution in [1.82, 2.24) is 25.2 Å². The third kappa shape index (κ3) is 6.41. The van der Waals surface area contributed by atoms with E-state index in [1.807, 2.05) is 56.3 Å². The Kier molecular flexibility index (Phi) is 7.54. The highest BCUT2D eigenvalue weighted by Crippen LogP contribution is 2.27. The van der Waals surface area contributed by atoms with E-state index in [9.17, 15) is 4.79 Å². The predicted octanol–water partition coefficient (Wildman–Crippen LogP) is 2.94. The minimum absolute atomic E-state index is 0.0349. The quantitative estimate of drug-likeness (QED) is 0.529. The molecule has 1 aliphatic heterocycles. The van der Waals surface area contributed by atoms with Gasteiger partial charge in [0.05, 0.1) is 5.69 Å². The molecule has 0 bridgehead atoms. The number of ether oxygens (including phenoxy) is 1. The number of aromatic nitrogens is 3. The van der Waals surface area contributed by atoms with E-state index in [-0.39, 0.29) is 18.6 Å². The van der Waals surface area contributed by atoms with Gasteiger partial charge in [-0.1, -0.05) is 12.1 Å². The van der Waals surface area contributed by atoms with Crippen molar-refractivity contribution in [2.75, 3.05) is 50.1 Å². The van der Waals surface area contributed by atoms with Crippen molar-refractivity contribution in [2.45, 2.75) is 19.9 Å². The number of nitrogens with one attached hydrogen (secondary N) is 2. The first-order chi connectivity index (χ1) is 16.5.